The lowest BCUT2D eigenvalue weighted by molar-refractivity contribution is 0.102. The molecule has 0 aliphatic heterocycles. The minimum Gasteiger partial charge on any atom is -0.350 e. The third-order valence-corrected chi connectivity index (χ3v) is 4.53. The molecule has 0 fully saturated rings. The molecule has 28 heavy (non-hydrogen) atoms. The van der Waals surface area contributed by atoms with Crippen LogP contribution >= 0.6 is 11.6 Å². The summed E-state index contributed by atoms with van der Waals surface area (Å²) in [7, 11) is 0. The predicted octanol–water partition coefficient (Wildman–Crippen LogP) is 5.43. The van der Waals surface area contributed by atoms with Crippen LogP contribution in [0.1, 0.15) is 47.1 Å². The van der Waals surface area contributed by atoms with Crippen molar-refractivity contribution in [3.05, 3.63) is 82.1 Å². The van der Waals surface area contributed by atoms with E-state index in [0.717, 1.165) is 22.5 Å². The van der Waals surface area contributed by atoms with E-state index in [1.807, 2.05) is 55.5 Å². The molecule has 0 saturated carbocycles. The Hall–Kier alpha value is -2.92. The number of benzene rings is 2. The average Bonchev–Trinajstić information content (AvgIpc) is 2.67. The van der Waals surface area contributed by atoms with Crippen LogP contribution in [0, 0.1) is 6.92 Å². The van der Waals surface area contributed by atoms with Crippen molar-refractivity contribution < 1.29 is 4.79 Å². The lowest BCUT2D eigenvalue weighted by Crippen LogP contribution is -2.17. The van der Waals surface area contributed by atoms with Crippen molar-refractivity contribution in [3.63, 3.8) is 0 Å². The molecule has 6 heteroatoms. The first-order valence-corrected chi connectivity index (χ1v) is 9.54. The zero-order valence-corrected chi connectivity index (χ0v) is 16.9. The van der Waals surface area contributed by atoms with Crippen molar-refractivity contribution in [3.8, 4) is 0 Å². The molecule has 0 atom stereocenters. The SMILES string of the molecule is Cc1cc(C(=O)Nc2ccccc2C(C)C)nc(NCc2ccc(Cl)cc2)n1. The van der Waals surface area contributed by atoms with Crippen LogP contribution in [-0.4, -0.2) is 15.9 Å². The second-order valence-corrected chi connectivity index (χ2v) is 7.33. The minimum absolute atomic E-state index is 0.256. The zero-order chi connectivity index (χ0) is 20.1. The van der Waals surface area contributed by atoms with Gasteiger partial charge in [0.1, 0.15) is 5.69 Å². The van der Waals surface area contributed by atoms with Gasteiger partial charge in [-0.2, -0.15) is 0 Å². The first-order valence-electron chi connectivity index (χ1n) is 9.16. The van der Waals surface area contributed by atoms with Crippen LogP contribution < -0.4 is 10.6 Å². The smallest absolute Gasteiger partial charge is 0.274 e. The molecule has 0 aliphatic rings. The van der Waals surface area contributed by atoms with E-state index in [1.54, 1.807) is 6.07 Å². The molecule has 144 valence electrons. The second kappa shape index (κ2) is 8.85. The Morgan fingerprint density at radius 3 is 2.50 bits per heavy atom. The number of hydrogen-bond acceptors (Lipinski definition) is 4. The number of hydrogen-bond donors (Lipinski definition) is 2. The lowest BCUT2D eigenvalue weighted by Gasteiger charge is -2.14. The summed E-state index contributed by atoms with van der Waals surface area (Å²) in [6, 6.07) is 17.0. The fourth-order valence-electron chi connectivity index (χ4n) is 2.85. The number of carbonyl (C=O) groups excluding carboxylic acids is 1. The van der Waals surface area contributed by atoms with E-state index >= 15 is 0 Å². The van der Waals surface area contributed by atoms with E-state index in [2.05, 4.69) is 34.4 Å². The summed E-state index contributed by atoms with van der Waals surface area (Å²) in [6.45, 7) is 6.57. The van der Waals surface area contributed by atoms with E-state index in [1.165, 1.54) is 0 Å². The van der Waals surface area contributed by atoms with Crippen molar-refractivity contribution >= 4 is 29.1 Å². The number of anilines is 2. The van der Waals surface area contributed by atoms with Crippen LogP contribution in [0.4, 0.5) is 11.6 Å². The van der Waals surface area contributed by atoms with Crippen LogP contribution in [0.3, 0.4) is 0 Å². The van der Waals surface area contributed by atoms with Crippen molar-refractivity contribution in [2.75, 3.05) is 10.6 Å². The number of para-hydroxylation sites is 1. The Bertz CT molecular complexity index is 971. The molecule has 0 saturated heterocycles. The van der Waals surface area contributed by atoms with E-state index in [0.29, 0.717) is 29.1 Å². The maximum Gasteiger partial charge on any atom is 0.274 e. The first kappa shape index (κ1) is 19.8. The van der Waals surface area contributed by atoms with Gasteiger partial charge in [-0.15, -0.1) is 0 Å². The van der Waals surface area contributed by atoms with Crippen LogP contribution in [0.15, 0.2) is 54.6 Å². The van der Waals surface area contributed by atoms with Crippen LogP contribution in [0.2, 0.25) is 5.02 Å². The number of aromatic nitrogens is 2. The van der Waals surface area contributed by atoms with Gasteiger partial charge in [0.25, 0.3) is 5.91 Å². The molecule has 0 aliphatic carbocycles. The van der Waals surface area contributed by atoms with Gasteiger partial charge in [0.2, 0.25) is 5.95 Å². The monoisotopic (exact) mass is 394 g/mol. The molecule has 1 heterocycles. The molecular formula is C22H23ClN4O. The number of nitrogens with one attached hydrogen (secondary N) is 2. The van der Waals surface area contributed by atoms with Crippen molar-refractivity contribution in [1.29, 1.82) is 0 Å². The third kappa shape index (κ3) is 5.08. The summed E-state index contributed by atoms with van der Waals surface area (Å²) in [4.78, 5) is 21.5. The molecule has 1 amide bonds. The number of nitrogens with zero attached hydrogens (tertiary/aromatic N) is 2. The molecule has 0 radical (unpaired) electrons. The Labute approximate surface area is 170 Å². The largest absolute Gasteiger partial charge is 0.350 e. The van der Waals surface area contributed by atoms with Gasteiger partial charge < -0.3 is 10.6 Å². The van der Waals surface area contributed by atoms with Gasteiger partial charge in [0.05, 0.1) is 0 Å². The van der Waals surface area contributed by atoms with E-state index in [-0.39, 0.29) is 5.91 Å². The number of halogens is 1. The third-order valence-electron chi connectivity index (χ3n) is 4.28. The van der Waals surface area contributed by atoms with Crippen molar-refractivity contribution in [2.45, 2.75) is 33.2 Å². The number of aryl methyl sites for hydroxylation is 1. The van der Waals surface area contributed by atoms with Gasteiger partial charge in [-0.25, -0.2) is 9.97 Å². The lowest BCUT2D eigenvalue weighted by atomic mass is 10.0. The summed E-state index contributed by atoms with van der Waals surface area (Å²) in [5.41, 5.74) is 3.98. The Kier molecular flexibility index (Phi) is 6.26. The molecule has 1 aromatic heterocycles. The summed E-state index contributed by atoms with van der Waals surface area (Å²) in [6.07, 6.45) is 0. The molecule has 0 bridgehead atoms. The summed E-state index contributed by atoms with van der Waals surface area (Å²) >= 11 is 5.91. The normalized spacial score (nSPS) is 10.8. The molecule has 3 rings (SSSR count). The molecular weight excluding hydrogens is 372 g/mol. The first-order chi connectivity index (χ1) is 13.4. The Morgan fingerprint density at radius 1 is 1.07 bits per heavy atom. The molecule has 0 spiro atoms. The van der Waals surface area contributed by atoms with Gasteiger partial charge >= 0.3 is 0 Å². The van der Waals surface area contributed by atoms with Crippen LogP contribution in [0.25, 0.3) is 0 Å². The topological polar surface area (TPSA) is 66.9 Å². The Balaban J connectivity index is 1.75. The second-order valence-electron chi connectivity index (χ2n) is 6.89. The fourth-order valence-corrected chi connectivity index (χ4v) is 2.97. The standard InChI is InChI=1S/C22H23ClN4O/c1-14(2)18-6-4-5-7-19(18)26-21(28)20-12-15(3)25-22(27-20)24-13-16-8-10-17(23)11-9-16/h4-12,14H,13H2,1-3H3,(H,26,28)(H,24,25,27). The summed E-state index contributed by atoms with van der Waals surface area (Å²) in [5, 5.41) is 6.83. The molecule has 2 N–H and O–H groups in total. The maximum atomic E-state index is 12.8. The Morgan fingerprint density at radius 2 is 1.79 bits per heavy atom. The van der Waals surface area contributed by atoms with Crippen LogP contribution in [0.5, 0.6) is 0 Å². The predicted molar refractivity (Wildman–Crippen MR) is 114 cm³/mol. The van der Waals surface area contributed by atoms with Gasteiger partial charge in [0, 0.05) is 22.9 Å². The summed E-state index contributed by atoms with van der Waals surface area (Å²) in [5.74, 6) is 0.464. The van der Waals surface area contributed by atoms with Gasteiger partial charge in [-0.05, 0) is 48.2 Å². The van der Waals surface area contributed by atoms with Crippen LogP contribution in [-0.2, 0) is 6.54 Å². The van der Waals surface area contributed by atoms with Crippen molar-refractivity contribution in [2.24, 2.45) is 0 Å². The fraction of sp³-hybridized carbons (Fsp3) is 0.227. The van der Waals surface area contributed by atoms with Gasteiger partial charge in [-0.3, -0.25) is 4.79 Å². The number of amides is 1. The molecule has 3 aromatic rings. The highest BCUT2D eigenvalue weighted by molar-refractivity contribution is 6.30. The maximum absolute atomic E-state index is 12.8. The summed E-state index contributed by atoms with van der Waals surface area (Å²) < 4.78 is 0. The van der Waals surface area contributed by atoms with Crippen molar-refractivity contribution in [1.82, 2.24) is 9.97 Å². The highest BCUT2D eigenvalue weighted by Gasteiger charge is 2.14. The zero-order valence-electron chi connectivity index (χ0n) is 16.2. The molecule has 0 unspecified atom stereocenters. The average molecular weight is 395 g/mol. The number of rotatable bonds is 6. The quantitative estimate of drug-likeness (QED) is 0.585. The number of carbonyl (C=O) groups is 1. The highest BCUT2D eigenvalue weighted by atomic mass is 35.5. The van der Waals surface area contributed by atoms with E-state index in [4.69, 9.17) is 11.6 Å². The molecule has 2 aromatic carbocycles. The van der Waals surface area contributed by atoms with Gasteiger partial charge in [0.15, 0.2) is 0 Å². The minimum atomic E-state index is -0.256. The molecule has 5 nitrogen and oxygen atoms in total. The van der Waals surface area contributed by atoms with E-state index in [9.17, 15) is 4.79 Å². The highest BCUT2D eigenvalue weighted by Crippen LogP contribution is 2.24. The van der Waals surface area contributed by atoms with Gasteiger partial charge in [-0.1, -0.05) is 55.8 Å². The van der Waals surface area contributed by atoms with E-state index < -0.39 is 0 Å².